The first-order chi connectivity index (χ1) is 23.1. The van der Waals surface area contributed by atoms with Crippen LogP contribution in [0.3, 0.4) is 0 Å². The summed E-state index contributed by atoms with van der Waals surface area (Å²) in [6.07, 6.45) is 0.289. The van der Waals surface area contributed by atoms with Gasteiger partial charge in [0, 0.05) is 35.3 Å². The van der Waals surface area contributed by atoms with Gasteiger partial charge in [-0.05, 0) is 69.5 Å². The van der Waals surface area contributed by atoms with E-state index >= 15 is 0 Å². The van der Waals surface area contributed by atoms with E-state index in [0.717, 1.165) is 0 Å². The molecule has 0 fully saturated rings. The second-order valence-corrected chi connectivity index (χ2v) is 10.3. The molecule has 2 aromatic rings. The largest absolute Gasteiger partial charge is 0.369 e. The molecule has 0 aliphatic rings. The van der Waals surface area contributed by atoms with Gasteiger partial charge in [0.1, 0.15) is 0 Å². The molecule has 0 aliphatic carbocycles. The van der Waals surface area contributed by atoms with Crippen LogP contribution < -0.4 is 56.5 Å². The third-order valence-electron chi connectivity index (χ3n) is 6.27. The Balaban J connectivity index is 2.23. The molecular weight excluding hydrogens is 632 g/mol. The Labute approximate surface area is 282 Å². The number of rotatable bonds is 14. The van der Waals surface area contributed by atoms with Gasteiger partial charge in [-0.25, -0.2) is 0 Å². The lowest BCUT2D eigenvalue weighted by atomic mass is 10.0. The zero-order valence-electron chi connectivity index (χ0n) is 27.6. The van der Waals surface area contributed by atoms with E-state index in [1.807, 2.05) is 0 Å². The molecule has 260 valence electrons. The Morgan fingerprint density at radius 3 is 1.10 bits per heavy atom. The minimum Gasteiger partial charge on any atom is -0.369 e. The molecule has 2 aromatic carbocycles. The SMILES string of the molecule is C/C(=N\N=C(N)N)c1ccc(NC(=O)CCCC(=O)Nc2ccc(/C(C)=N/N=C(N)N)cc2/C(C)=N/N=C(N)N)c(/C(C)=N/N=C(N)N)c1. The molecule has 0 aliphatic heterocycles. The fraction of sp³-hybridized carbons (Fsp3) is 0.241. The Kier molecular flexibility index (Phi) is 14.3. The molecule has 0 radical (unpaired) electrons. The summed E-state index contributed by atoms with van der Waals surface area (Å²) in [7, 11) is 0. The van der Waals surface area contributed by atoms with Gasteiger partial charge in [-0.1, -0.05) is 12.1 Å². The number of carbonyl (C=O) groups is 2. The van der Waals surface area contributed by atoms with E-state index in [-0.39, 0.29) is 54.9 Å². The van der Waals surface area contributed by atoms with E-state index in [4.69, 9.17) is 45.9 Å². The van der Waals surface area contributed by atoms with Gasteiger partial charge >= 0.3 is 0 Å². The average molecular weight is 675 g/mol. The lowest BCUT2D eigenvalue weighted by Crippen LogP contribution is -2.22. The normalized spacial score (nSPS) is 12.0. The van der Waals surface area contributed by atoms with Crippen LogP contribution in [-0.2, 0) is 9.59 Å². The van der Waals surface area contributed by atoms with Crippen LogP contribution in [0.15, 0.2) is 77.2 Å². The topological polar surface area (TPSA) is 365 Å². The molecule has 18 N–H and O–H groups in total. The number of amides is 2. The minimum atomic E-state index is -0.344. The number of nitrogens with two attached hydrogens (primary N) is 8. The van der Waals surface area contributed by atoms with Gasteiger partial charge in [-0.3, -0.25) is 9.59 Å². The number of nitrogens with zero attached hydrogens (tertiary/aromatic N) is 8. The van der Waals surface area contributed by atoms with Crippen LogP contribution >= 0.6 is 0 Å². The predicted molar refractivity (Wildman–Crippen MR) is 196 cm³/mol. The summed E-state index contributed by atoms with van der Waals surface area (Å²) in [5.74, 6) is -1.57. The molecule has 0 saturated carbocycles. The molecule has 0 spiro atoms. The number of hydrogen-bond acceptors (Lipinski definition) is 10. The quantitative estimate of drug-likeness (QED) is 0.0690. The van der Waals surface area contributed by atoms with Crippen LogP contribution in [0.4, 0.5) is 11.4 Å². The van der Waals surface area contributed by atoms with Crippen molar-refractivity contribution in [2.24, 2.45) is 86.7 Å². The standard InChI is InChI=1S/C29H42N18O2/c1-14(40-44-26(30)31)18-8-10-22(20(12-18)16(3)42-46-28(34)35)38-24(48)6-5-7-25(49)39-23-11-9-19(15(2)41-45-27(32)33)13-21(23)17(4)43-47-29(36)37/h8-13H,5-7H2,1-4H3,(H,38,48)(H,39,49)(H4,30,31,44)(H4,32,33,45)(H4,34,35,46)(H4,36,37,47)/b40-14+,41-15+,42-16+,43-17+. The smallest absolute Gasteiger partial charge is 0.224 e. The van der Waals surface area contributed by atoms with Crippen LogP contribution in [0.5, 0.6) is 0 Å². The highest BCUT2D eigenvalue weighted by molar-refractivity contribution is 6.11. The van der Waals surface area contributed by atoms with Crippen LogP contribution in [-0.4, -0.2) is 58.5 Å². The van der Waals surface area contributed by atoms with Crippen molar-refractivity contribution in [3.63, 3.8) is 0 Å². The van der Waals surface area contributed by atoms with Crippen molar-refractivity contribution in [3.8, 4) is 0 Å². The number of guanidine groups is 4. The molecular formula is C29H42N18O2. The van der Waals surface area contributed by atoms with Crippen LogP contribution in [0.25, 0.3) is 0 Å². The first-order valence-electron chi connectivity index (χ1n) is 14.5. The van der Waals surface area contributed by atoms with Gasteiger partial charge in [0.15, 0.2) is 0 Å². The van der Waals surface area contributed by atoms with E-state index in [1.165, 1.54) is 0 Å². The molecule has 49 heavy (non-hydrogen) atoms. The van der Waals surface area contributed by atoms with Gasteiger partial charge in [-0.15, -0.1) is 20.4 Å². The highest BCUT2D eigenvalue weighted by Gasteiger charge is 2.15. The summed E-state index contributed by atoms with van der Waals surface area (Å²) in [6, 6.07) is 10.2. The molecule has 0 unspecified atom stereocenters. The van der Waals surface area contributed by atoms with Gasteiger partial charge < -0.3 is 56.5 Å². The minimum absolute atomic E-state index is 0.0287. The lowest BCUT2D eigenvalue weighted by molar-refractivity contribution is -0.117. The van der Waals surface area contributed by atoms with Gasteiger partial charge in [0.05, 0.1) is 22.8 Å². The van der Waals surface area contributed by atoms with Crippen LogP contribution in [0, 0.1) is 0 Å². The van der Waals surface area contributed by atoms with Crippen molar-refractivity contribution < 1.29 is 9.59 Å². The van der Waals surface area contributed by atoms with Crippen molar-refractivity contribution in [1.82, 2.24) is 0 Å². The Bertz CT molecular complexity index is 1650. The Morgan fingerprint density at radius 2 is 0.796 bits per heavy atom. The lowest BCUT2D eigenvalue weighted by Gasteiger charge is -2.14. The summed E-state index contributed by atoms with van der Waals surface area (Å²) in [6.45, 7) is 6.74. The summed E-state index contributed by atoms with van der Waals surface area (Å²) in [4.78, 5) is 25.9. The fourth-order valence-corrected chi connectivity index (χ4v) is 3.94. The van der Waals surface area contributed by atoms with Crippen LogP contribution in [0.1, 0.15) is 69.2 Å². The molecule has 0 aromatic heterocycles. The maximum atomic E-state index is 13.0. The zero-order chi connectivity index (χ0) is 36.7. The Hall–Kier alpha value is -6.86. The molecule has 0 bridgehead atoms. The highest BCUT2D eigenvalue weighted by atomic mass is 16.2. The monoisotopic (exact) mass is 674 g/mol. The first-order valence-corrected chi connectivity index (χ1v) is 14.5. The zero-order valence-corrected chi connectivity index (χ0v) is 27.6. The van der Waals surface area contributed by atoms with Crippen molar-refractivity contribution in [2.75, 3.05) is 10.6 Å². The third kappa shape index (κ3) is 13.2. The summed E-state index contributed by atoms with van der Waals surface area (Å²) < 4.78 is 0. The summed E-state index contributed by atoms with van der Waals surface area (Å²) >= 11 is 0. The maximum absolute atomic E-state index is 13.0. The molecule has 0 atom stereocenters. The molecule has 0 saturated heterocycles. The fourth-order valence-electron chi connectivity index (χ4n) is 3.94. The number of hydrogen-bond donors (Lipinski definition) is 10. The first kappa shape index (κ1) is 38.3. The third-order valence-corrected chi connectivity index (χ3v) is 6.27. The number of anilines is 2. The highest BCUT2D eigenvalue weighted by Crippen LogP contribution is 2.22. The van der Waals surface area contributed by atoms with E-state index in [0.29, 0.717) is 56.5 Å². The van der Waals surface area contributed by atoms with Crippen LogP contribution in [0.2, 0.25) is 0 Å². The summed E-state index contributed by atoms with van der Waals surface area (Å²) in [5, 5.41) is 36.4. The second-order valence-electron chi connectivity index (χ2n) is 10.3. The van der Waals surface area contributed by atoms with Crippen molar-refractivity contribution in [1.29, 1.82) is 0 Å². The molecule has 0 heterocycles. The Morgan fingerprint density at radius 1 is 0.490 bits per heavy atom. The van der Waals surface area contributed by atoms with Crippen molar-refractivity contribution in [3.05, 3.63) is 58.7 Å². The molecule has 20 heteroatoms. The number of nitrogens with one attached hydrogen (secondary N) is 2. The van der Waals surface area contributed by atoms with E-state index in [1.54, 1.807) is 64.1 Å². The second kappa shape index (κ2) is 18.3. The van der Waals surface area contributed by atoms with E-state index in [2.05, 4.69) is 51.4 Å². The number of benzene rings is 2. The summed E-state index contributed by atoms with van der Waals surface area (Å²) in [5.41, 5.74) is 48.2. The van der Waals surface area contributed by atoms with Gasteiger partial charge in [0.25, 0.3) is 0 Å². The average Bonchev–Trinajstić information content (AvgIpc) is 3.03. The van der Waals surface area contributed by atoms with E-state index < -0.39 is 0 Å². The molecule has 2 rings (SSSR count). The van der Waals surface area contributed by atoms with Gasteiger partial charge in [-0.2, -0.15) is 20.4 Å². The van der Waals surface area contributed by atoms with Gasteiger partial charge in [0.2, 0.25) is 35.7 Å². The molecule has 2 amide bonds. The maximum Gasteiger partial charge on any atom is 0.224 e. The van der Waals surface area contributed by atoms with E-state index in [9.17, 15) is 9.59 Å². The van der Waals surface area contributed by atoms with Crippen molar-refractivity contribution >= 4 is 69.9 Å². The number of carbonyl (C=O) groups excluding carboxylic acids is 2. The predicted octanol–water partition coefficient (Wildman–Crippen LogP) is -0.576. The van der Waals surface area contributed by atoms with Crippen molar-refractivity contribution in [2.45, 2.75) is 47.0 Å². The molecule has 20 nitrogen and oxygen atoms in total.